The summed E-state index contributed by atoms with van der Waals surface area (Å²) in [6.07, 6.45) is 1.13. The summed E-state index contributed by atoms with van der Waals surface area (Å²) in [5, 5.41) is 2.75. The summed E-state index contributed by atoms with van der Waals surface area (Å²) >= 11 is 0. The molecule has 1 heterocycles. The minimum absolute atomic E-state index is 0.0147. The van der Waals surface area contributed by atoms with Gasteiger partial charge in [0.2, 0.25) is 5.91 Å². The fourth-order valence-electron chi connectivity index (χ4n) is 1.75. The van der Waals surface area contributed by atoms with Gasteiger partial charge in [0.05, 0.1) is 13.5 Å². The third-order valence-electron chi connectivity index (χ3n) is 2.54. The average molecular weight is 185 g/mol. The van der Waals surface area contributed by atoms with Gasteiger partial charge in [-0.05, 0) is 12.3 Å². The molecule has 1 aliphatic heterocycles. The Kier molecular flexibility index (Phi) is 3.28. The number of carbonyl (C=O) groups is 2. The molecule has 13 heavy (non-hydrogen) atoms. The summed E-state index contributed by atoms with van der Waals surface area (Å²) in [4.78, 5) is 22.2. The monoisotopic (exact) mass is 185 g/mol. The Hall–Kier alpha value is -1.06. The van der Waals surface area contributed by atoms with Gasteiger partial charge < -0.3 is 10.1 Å². The van der Waals surface area contributed by atoms with E-state index in [2.05, 4.69) is 10.1 Å². The lowest BCUT2D eigenvalue weighted by molar-refractivity contribution is -0.142. The van der Waals surface area contributed by atoms with E-state index in [1.54, 1.807) is 0 Å². The Labute approximate surface area is 77.6 Å². The first-order valence-electron chi connectivity index (χ1n) is 4.53. The maximum atomic E-state index is 11.2. The van der Waals surface area contributed by atoms with Gasteiger partial charge >= 0.3 is 5.97 Å². The second-order valence-electron chi connectivity index (χ2n) is 3.30. The molecular weight excluding hydrogens is 170 g/mol. The fourth-order valence-corrected chi connectivity index (χ4v) is 1.75. The van der Waals surface area contributed by atoms with Crippen LogP contribution < -0.4 is 5.32 Å². The zero-order chi connectivity index (χ0) is 9.84. The van der Waals surface area contributed by atoms with Gasteiger partial charge in [0.1, 0.15) is 0 Å². The SMILES string of the molecule is CC[C@@H]1C(=O)NC[C@H]1CC(=O)OC. The molecule has 4 heteroatoms. The predicted octanol–water partition coefficient (Wildman–Crippen LogP) is 0.322. The first-order chi connectivity index (χ1) is 6.19. The van der Waals surface area contributed by atoms with E-state index >= 15 is 0 Å². The van der Waals surface area contributed by atoms with Crippen LogP contribution in [0.5, 0.6) is 0 Å². The molecule has 0 aromatic carbocycles. The molecule has 1 fully saturated rings. The van der Waals surface area contributed by atoms with Crippen LogP contribution in [0.1, 0.15) is 19.8 Å². The smallest absolute Gasteiger partial charge is 0.305 e. The Balaban J connectivity index is 2.50. The molecule has 0 aromatic rings. The number of carbonyl (C=O) groups excluding carboxylic acids is 2. The molecule has 4 nitrogen and oxygen atoms in total. The van der Waals surface area contributed by atoms with E-state index in [4.69, 9.17) is 0 Å². The molecule has 0 unspecified atom stereocenters. The molecule has 0 bridgehead atoms. The number of hydrogen-bond donors (Lipinski definition) is 1. The Morgan fingerprint density at radius 3 is 2.92 bits per heavy atom. The van der Waals surface area contributed by atoms with Gasteiger partial charge in [-0.2, -0.15) is 0 Å². The standard InChI is InChI=1S/C9H15NO3/c1-3-7-6(4-8(11)13-2)5-10-9(7)12/h6-7H,3-5H2,1-2H3,(H,10,12)/t6-,7+/m1/s1. The molecule has 74 valence electrons. The van der Waals surface area contributed by atoms with E-state index in [1.165, 1.54) is 7.11 Å². The van der Waals surface area contributed by atoms with E-state index in [9.17, 15) is 9.59 Å². The third kappa shape index (κ3) is 2.20. The highest BCUT2D eigenvalue weighted by Gasteiger charge is 2.34. The predicted molar refractivity (Wildman–Crippen MR) is 46.9 cm³/mol. The van der Waals surface area contributed by atoms with E-state index in [0.717, 1.165) is 6.42 Å². The van der Waals surface area contributed by atoms with Crippen molar-refractivity contribution in [1.29, 1.82) is 0 Å². The number of hydrogen-bond acceptors (Lipinski definition) is 3. The zero-order valence-corrected chi connectivity index (χ0v) is 8.00. The third-order valence-corrected chi connectivity index (χ3v) is 2.54. The molecule has 0 radical (unpaired) electrons. The van der Waals surface area contributed by atoms with E-state index in [1.807, 2.05) is 6.92 Å². The van der Waals surface area contributed by atoms with Crippen molar-refractivity contribution in [3.05, 3.63) is 0 Å². The van der Waals surface area contributed by atoms with Crippen LogP contribution in [0, 0.1) is 11.8 Å². The van der Waals surface area contributed by atoms with Crippen LogP contribution in [-0.2, 0) is 14.3 Å². The summed E-state index contributed by atoms with van der Waals surface area (Å²) in [6, 6.07) is 0. The molecule has 1 amide bonds. The van der Waals surface area contributed by atoms with Crippen LogP contribution in [0.15, 0.2) is 0 Å². The summed E-state index contributed by atoms with van der Waals surface area (Å²) in [5.41, 5.74) is 0. The van der Waals surface area contributed by atoms with Gasteiger partial charge in [-0.3, -0.25) is 9.59 Å². The number of esters is 1. The maximum absolute atomic E-state index is 11.2. The van der Waals surface area contributed by atoms with E-state index in [-0.39, 0.29) is 23.7 Å². The van der Waals surface area contributed by atoms with Crippen molar-refractivity contribution in [2.45, 2.75) is 19.8 Å². The number of amides is 1. The number of ether oxygens (including phenoxy) is 1. The molecule has 1 N–H and O–H groups in total. The maximum Gasteiger partial charge on any atom is 0.305 e. The van der Waals surface area contributed by atoms with E-state index < -0.39 is 0 Å². The lowest BCUT2D eigenvalue weighted by Crippen LogP contribution is -2.20. The molecule has 0 aliphatic carbocycles. The second kappa shape index (κ2) is 4.25. The van der Waals surface area contributed by atoms with Crippen LogP contribution >= 0.6 is 0 Å². The van der Waals surface area contributed by atoms with Gasteiger partial charge in [0.15, 0.2) is 0 Å². The van der Waals surface area contributed by atoms with Crippen molar-refractivity contribution < 1.29 is 14.3 Å². The van der Waals surface area contributed by atoms with Crippen molar-refractivity contribution in [1.82, 2.24) is 5.32 Å². The van der Waals surface area contributed by atoms with Gasteiger partial charge in [-0.15, -0.1) is 0 Å². The first-order valence-corrected chi connectivity index (χ1v) is 4.53. The lowest BCUT2D eigenvalue weighted by Gasteiger charge is -2.12. The Bertz CT molecular complexity index is 215. The average Bonchev–Trinajstić information content (AvgIpc) is 2.46. The van der Waals surface area contributed by atoms with Crippen LogP contribution in [0.2, 0.25) is 0 Å². The summed E-state index contributed by atoms with van der Waals surface area (Å²) in [6.45, 7) is 2.56. The van der Waals surface area contributed by atoms with Crippen LogP contribution in [0.4, 0.5) is 0 Å². The minimum Gasteiger partial charge on any atom is -0.469 e. The van der Waals surface area contributed by atoms with Crippen molar-refractivity contribution in [3.63, 3.8) is 0 Å². The van der Waals surface area contributed by atoms with Crippen molar-refractivity contribution in [2.75, 3.05) is 13.7 Å². The highest BCUT2D eigenvalue weighted by Crippen LogP contribution is 2.24. The van der Waals surface area contributed by atoms with Gasteiger partial charge in [-0.1, -0.05) is 6.92 Å². The molecule has 0 aromatic heterocycles. The molecule has 1 rings (SSSR count). The lowest BCUT2D eigenvalue weighted by atomic mass is 9.90. The minimum atomic E-state index is -0.236. The van der Waals surface area contributed by atoms with Gasteiger partial charge in [-0.25, -0.2) is 0 Å². The first kappa shape index (κ1) is 10.0. The Morgan fingerprint density at radius 2 is 2.38 bits per heavy atom. The molecule has 2 atom stereocenters. The molecular formula is C9H15NO3. The quantitative estimate of drug-likeness (QED) is 0.644. The van der Waals surface area contributed by atoms with Crippen molar-refractivity contribution in [3.8, 4) is 0 Å². The highest BCUT2D eigenvalue weighted by molar-refractivity contribution is 5.82. The topological polar surface area (TPSA) is 55.4 Å². The largest absolute Gasteiger partial charge is 0.469 e. The van der Waals surface area contributed by atoms with Crippen LogP contribution in [-0.4, -0.2) is 25.5 Å². The Morgan fingerprint density at radius 1 is 1.69 bits per heavy atom. The summed E-state index contributed by atoms with van der Waals surface area (Å²) in [7, 11) is 1.37. The van der Waals surface area contributed by atoms with E-state index in [0.29, 0.717) is 13.0 Å². The number of methoxy groups -OCH3 is 1. The van der Waals surface area contributed by atoms with Crippen molar-refractivity contribution in [2.24, 2.45) is 11.8 Å². The normalized spacial score (nSPS) is 27.1. The number of nitrogens with one attached hydrogen (secondary N) is 1. The summed E-state index contributed by atoms with van der Waals surface area (Å²) < 4.78 is 4.56. The molecule has 1 saturated heterocycles. The number of rotatable bonds is 3. The highest BCUT2D eigenvalue weighted by atomic mass is 16.5. The molecule has 0 saturated carbocycles. The van der Waals surface area contributed by atoms with Crippen LogP contribution in [0.3, 0.4) is 0 Å². The zero-order valence-electron chi connectivity index (χ0n) is 8.00. The fraction of sp³-hybridized carbons (Fsp3) is 0.778. The second-order valence-corrected chi connectivity index (χ2v) is 3.30. The molecule has 1 aliphatic rings. The molecule has 0 spiro atoms. The van der Waals surface area contributed by atoms with Gasteiger partial charge in [0, 0.05) is 12.5 Å². The van der Waals surface area contributed by atoms with Crippen molar-refractivity contribution >= 4 is 11.9 Å². The summed E-state index contributed by atoms with van der Waals surface area (Å²) in [5.74, 6) is -0.0691. The van der Waals surface area contributed by atoms with Gasteiger partial charge in [0.25, 0.3) is 0 Å². The van der Waals surface area contributed by atoms with Crippen LogP contribution in [0.25, 0.3) is 0 Å².